The number of rotatable bonds is 10. The van der Waals surface area contributed by atoms with Gasteiger partial charge in [0, 0.05) is 30.2 Å². The van der Waals surface area contributed by atoms with Crippen molar-refractivity contribution in [3.05, 3.63) is 76.7 Å². The highest BCUT2D eigenvalue weighted by molar-refractivity contribution is 5.84. The molecule has 0 amide bonds. The SMILES string of the molecule is CC(=O)[C@H]1[C@@H]2Cc3cc(OCc4cc(-c5ccc(OCCC(C)(O)C(F)F)cc5)c(C(F)(F)F)cc4F)ncc3[C@@H]21. The Kier molecular flexibility index (Phi) is 7.52. The van der Waals surface area contributed by atoms with Crippen LogP contribution in [0.25, 0.3) is 11.1 Å². The van der Waals surface area contributed by atoms with Crippen LogP contribution >= 0.6 is 0 Å². The first-order valence-electron chi connectivity index (χ1n) is 13.0. The normalized spacial score (nSPS) is 20.8. The molecular formula is C30H27F6NO4. The molecule has 0 radical (unpaired) electrons. The van der Waals surface area contributed by atoms with Crippen molar-refractivity contribution in [3.63, 3.8) is 0 Å². The lowest BCUT2D eigenvalue weighted by Gasteiger charge is -2.22. The number of carbonyl (C=O) groups is 1. The fraction of sp³-hybridized carbons (Fsp3) is 0.400. The second-order valence-electron chi connectivity index (χ2n) is 10.8. The largest absolute Gasteiger partial charge is 0.493 e. The highest BCUT2D eigenvalue weighted by atomic mass is 19.4. The molecule has 1 saturated carbocycles. The highest BCUT2D eigenvalue weighted by Crippen LogP contribution is 2.61. The van der Waals surface area contributed by atoms with Crippen molar-refractivity contribution in [2.75, 3.05) is 6.61 Å². The zero-order valence-corrected chi connectivity index (χ0v) is 22.1. The molecule has 41 heavy (non-hydrogen) atoms. The summed E-state index contributed by atoms with van der Waals surface area (Å²) >= 11 is 0. The lowest BCUT2D eigenvalue weighted by Crippen LogP contribution is -2.35. The standard InChI is InChI=1S/C30H27F6NO4/c1-15(38)26-21-9-17-11-25(37-13-22(17)27(21)26)41-14-18-10-20(23(12-24(18)31)30(34,35)36)16-3-5-19(6-4-16)40-8-7-29(2,39)28(32)33/h3-6,10-13,21,26-28,39H,7-9,14H2,1-2H3/t21-,26-,27+,29?/m0/s1. The minimum Gasteiger partial charge on any atom is -0.493 e. The summed E-state index contributed by atoms with van der Waals surface area (Å²) in [5.74, 6) is -0.0644. The lowest BCUT2D eigenvalue weighted by molar-refractivity contribution is -0.137. The van der Waals surface area contributed by atoms with E-state index in [1.54, 1.807) is 19.2 Å². The Balaban J connectivity index is 1.31. The van der Waals surface area contributed by atoms with Crippen LogP contribution in [0, 0.1) is 17.7 Å². The third-order valence-corrected chi connectivity index (χ3v) is 7.83. The summed E-state index contributed by atoms with van der Waals surface area (Å²) < 4.78 is 92.8. The minimum atomic E-state index is -4.84. The monoisotopic (exact) mass is 579 g/mol. The van der Waals surface area contributed by atoms with Crippen LogP contribution in [-0.4, -0.2) is 34.5 Å². The molecule has 1 heterocycles. The van der Waals surface area contributed by atoms with E-state index in [1.165, 1.54) is 24.3 Å². The molecule has 0 spiro atoms. The van der Waals surface area contributed by atoms with Gasteiger partial charge >= 0.3 is 6.18 Å². The lowest BCUT2D eigenvalue weighted by atomic mass is 9.96. The number of hydrogen-bond donors (Lipinski definition) is 1. The van der Waals surface area contributed by atoms with Gasteiger partial charge in [-0.3, -0.25) is 4.79 Å². The molecule has 4 atom stereocenters. The van der Waals surface area contributed by atoms with Crippen molar-refractivity contribution in [2.45, 2.75) is 57.4 Å². The van der Waals surface area contributed by atoms with Gasteiger partial charge in [0.1, 0.15) is 29.6 Å². The molecule has 1 unspecified atom stereocenters. The average molecular weight is 580 g/mol. The number of ketones is 1. The summed E-state index contributed by atoms with van der Waals surface area (Å²) in [6, 6.07) is 8.64. The van der Waals surface area contributed by atoms with E-state index in [-0.39, 0.29) is 71.5 Å². The van der Waals surface area contributed by atoms with E-state index in [0.29, 0.717) is 12.5 Å². The zero-order chi connectivity index (χ0) is 29.7. The van der Waals surface area contributed by atoms with Gasteiger partial charge in [-0.15, -0.1) is 0 Å². The number of aromatic nitrogens is 1. The quantitative estimate of drug-likeness (QED) is 0.270. The number of alkyl halides is 5. The smallest absolute Gasteiger partial charge is 0.417 e. The van der Waals surface area contributed by atoms with E-state index in [9.17, 15) is 36.2 Å². The molecule has 0 aliphatic heterocycles. The molecule has 0 bridgehead atoms. The highest BCUT2D eigenvalue weighted by Gasteiger charge is 2.58. The second kappa shape index (κ2) is 10.7. The van der Waals surface area contributed by atoms with Gasteiger partial charge < -0.3 is 14.6 Å². The maximum absolute atomic E-state index is 14.8. The van der Waals surface area contributed by atoms with Gasteiger partial charge in [-0.2, -0.15) is 13.2 Å². The van der Waals surface area contributed by atoms with Crippen molar-refractivity contribution in [1.82, 2.24) is 4.98 Å². The van der Waals surface area contributed by atoms with Gasteiger partial charge in [0.2, 0.25) is 5.88 Å². The molecular weight excluding hydrogens is 552 g/mol. The van der Waals surface area contributed by atoms with Crippen LogP contribution < -0.4 is 9.47 Å². The predicted molar refractivity (Wildman–Crippen MR) is 136 cm³/mol. The molecule has 2 aliphatic rings. The summed E-state index contributed by atoms with van der Waals surface area (Å²) in [5.41, 5.74) is -1.67. The van der Waals surface area contributed by atoms with Crippen molar-refractivity contribution < 1.29 is 45.7 Å². The van der Waals surface area contributed by atoms with Crippen molar-refractivity contribution in [2.24, 2.45) is 11.8 Å². The number of pyridine rings is 1. The van der Waals surface area contributed by atoms with Gasteiger partial charge in [0.25, 0.3) is 6.43 Å². The van der Waals surface area contributed by atoms with Crippen molar-refractivity contribution in [3.8, 4) is 22.8 Å². The molecule has 1 aromatic heterocycles. The average Bonchev–Trinajstić information content (AvgIpc) is 3.50. The molecule has 218 valence electrons. The molecule has 1 N–H and O–H groups in total. The number of aliphatic hydroxyl groups is 1. The van der Waals surface area contributed by atoms with Gasteiger partial charge in [0.05, 0.1) is 12.2 Å². The maximum Gasteiger partial charge on any atom is 0.417 e. The van der Waals surface area contributed by atoms with Crippen LogP contribution in [0.1, 0.15) is 48.4 Å². The van der Waals surface area contributed by atoms with E-state index in [4.69, 9.17) is 9.47 Å². The van der Waals surface area contributed by atoms with Crippen LogP contribution in [0.5, 0.6) is 11.6 Å². The molecule has 5 rings (SSSR count). The van der Waals surface area contributed by atoms with E-state index < -0.39 is 29.6 Å². The maximum atomic E-state index is 14.8. The summed E-state index contributed by atoms with van der Waals surface area (Å²) in [5, 5.41) is 9.62. The summed E-state index contributed by atoms with van der Waals surface area (Å²) in [6.07, 6.45) is -5.80. The van der Waals surface area contributed by atoms with Crippen LogP contribution in [0.2, 0.25) is 0 Å². The molecule has 2 aromatic carbocycles. The number of halogens is 6. The van der Waals surface area contributed by atoms with Gasteiger partial charge in [0.15, 0.2) is 0 Å². The van der Waals surface area contributed by atoms with E-state index in [0.717, 1.165) is 24.1 Å². The van der Waals surface area contributed by atoms with Gasteiger partial charge in [-0.1, -0.05) is 12.1 Å². The second-order valence-corrected chi connectivity index (χ2v) is 10.8. The van der Waals surface area contributed by atoms with E-state index >= 15 is 0 Å². The van der Waals surface area contributed by atoms with Crippen LogP contribution in [0.15, 0.2) is 48.7 Å². The number of benzene rings is 2. The van der Waals surface area contributed by atoms with E-state index in [1.807, 2.05) is 0 Å². The van der Waals surface area contributed by atoms with Crippen LogP contribution in [0.4, 0.5) is 26.3 Å². The number of hydrogen-bond acceptors (Lipinski definition) is 5. The number of nitrogens with zero attached hydrogens (tertiary/aromatic N) is 1. The fourth-order valence-corrected chi connectivity index (χ4v) is 5.47. The Morgan fingerprint density at radius 1 is 1.12 bits per heavy atom. The molecule has 11 heteroatoms. The Bertz CT molecular complexity index is 1450. The van der Waals surface area contributed by atoms with Crippen LogP contribution in [-0.2, 0) is 24.0 Å². The number of fused-ring (bicyclic) bond motifs is 3. The molecule has 5 nitrogen and oxygen atoms in total. The first-order chi connectivity index (χ1) is 19.3. The first kappa shape index (κ1) is 28.9. The third-order valence-electron chi connectivity index (χ3n) is 7.83. The number of carbonyl (C=O) groups excluding carboxylic acids is 1. The zero-order valence-electron chi connectivity index (χ0n) is 22.1. The van der Waals surface area contributed by atoms with Gasteiger partial charge in [-0.25, -0.2) is 18.2 Å². The number of ether oxygens (including phenoxy) is 2. The minimum absolute atomic E-state index is 0.0261. The predicted octanol–water partition coefficient (Wildman–Crippen LogP) is 6.75. The molecule has 2 aliphatic carbocycles. The topological polar surface area (TPSA) is 68.7 Å². The summed E-state index contributed by atoms with van der Waals surface area (Å²) in [7, 11) is 0. The molecule has 1 fully saturated rings. The van der Waals surface area contributed by atoms with Crippen LogP contribution in [0.3, 0.4) is 0 Å². The summed E-state index contributed by atoms with van der Waals surface area (Å²) in [6.45, 7) is 1.95. The van der Waals surface area contributed by atoms with Crippen molar-refractivity contribution in [1.29, 1.82) is 0 Å². The first-order valence-corrected chi connectivity index (χ1v) is 13.0. The van der Waals surface area contributed by atoms with Crippen molar-refractivity contribution >= 4 is 5.78 Å². The van der Waals surface area contributed by atoms with E-state index in [2.05, 4.69) is 4.98 Å². The number of Topliss-reactive ketones (excluding diaryl/α,β-unsaturated/α-hetero) is 1. The third kappa shape index (κ3) is 5.91. The van der Waals surface area contributed by atoms with Gasteiger partial charge in [-0.05, 0) is 78.6 Å². The Labute approximate surface area is 232 Å². The molecule has 0 saturated heterocycles. The molecule has 3 aromatic rings. The Morgan fingerprint density at radius 3 is 2.46 bits per heavy atom. The summed E-state index contributed by atoms with van der Waals surface area (Å²) in [4.78, 5) is 16.0. The Hall–Kier alpha value is -3.60. The fourth-order valence-electron chi connectivity index (χ4n) is 5.47. The Morgan fingerprint density at radius 2 is 1.83 bits per heavy atom.